The minimum atomic E-state index is -0.479. The molecule has 7 nitrogen and oxygen atoms in total. The highest BCUT2D eigenvalue weighted by atomic mass is 32.1. The number of nitro benzene ring substituents is 1. The van der Waals surface area contributed by atoms with Crippen molar-refractivity contribution in [2.24, 2.45) is 5.73 Å². The van der Waals surface area contributed by atoms with Crippen LogP contribution in [0.5, 0.6) is 0 Å². The summed E-state index contributed by atoms with van der Waals surface area (Å²) in [4.78, 5) is 23.9. The number of hydrogen-bond donors (Lipinski definition) is 1. The van der Waals surface area contributed by atoms with E-state index in [-0.39, 0.29) is 18.3 Å². The van der Waals surface area contributed by atoms with Crippen LogP contribution in [0.2, 0.25) is 0 Å². The Bertz CT molecular complexity index is 561. The molecule has 0 bridgehead atoms. The quantitative estimate of drug-likeness (QED) is 0.519. The van der Waals surface area contributed by atoms with Crippen LogP contribution in [0.4, 0.5) is 10.5 Å². The monoisotopic (exact) mass is 309 g/mol. The van der Waals surface area contributed by atoms with Gasteiger partial charge in [-0.25, -0.2) is 4.79 Å². The van der Waals surface area contributed by atoms with Crippen molar-refractivity contribution in [3.63, 3.8) is 0 Å². The summed E-state index contributed by atoms with van der Waals surface area (Å²) in [6, 6.07) is 5.61. The normalized spacial score (nSPS) is 17.5. The van der Waals surface area contributed by atoms with E-state index >= 15 is 0 Å². The SMILES string of the molecule is NC(=S)C1CCCN1C(=O)OCc1ccc([N+](=O)[O-])cc1. The highest BCUT2D eigenvalue weighted by Gasteiger charge is 2.31. The van der Waals surface area contributed by atoms with Gasteiger partial charge in [0.15, 0.2) is 0 Å². The molecule has 0 saturated carbocycles. The number of ether oxygens (including phenoxy) is 1. The average molecular weight is 309 g/mol. The van der Waals surface area contributed by atoms with Gasteiger partial charge in [0.25, 0.3) is 5.69 Å². The molecule has 1 aliphatic rings. The van der Waals surface area contributed by atoms with Crippen LogP contribution in [0.1, 0.15) is 18.4 Å². The molecule has 1 aromatic carbocycles. The number of nitro groups is 1. The van der Waals surface area contributed by atoms with Crippen molar-refractivity contribution in [1.29, 1.82) is 0 Å². The van der Waals surface area contributed by atoms with E-state index < -0.39 is 11.0 Å². The molecule has 21 heavy (non-hydrogen) atoms. The lowest BCUT2D eigenvalue weighted by atomic mass is 10.2. The fourth-order valence-corrected chi connectivity index (χ4v) is 2.47. The minimum Gasteiger partial charge on any atom is -0.445 e. The number of likely N-dealkylation sites (tertiary alicyclic amines) is 1. The number of non-ortho nitro benzene ring substituents is 1. The van der Waals surface area contributed by atoms with E-state index in [1.165, 1.54) is 17.0 Å². The van der Waals surface area contributed by atoms with Crippen LogP contribution in [0, 0.1) is 10.1 Å². The van der Waals surface area contributed by atoms with E-state index in [9.17, 15) is 14.9 Å². The Morgan fingerprint density at radius 3 is 2.71 bits per heavy atom. The van der Waals surface area contributed by atoms with Crippen molar-refractivity contribution in [3.8, 4) is 0 Å². The second kappa shape index (κ2) is 6.49. The van der Waals surface area contributed by atoms with Crippen molar-refractivity contribution in [2.45, 2.75) is 25.5 Å². The molecule has 1 aliphatic heterocycles. The Kier molecular flexibility index (Phi) is 4.69. The van der Waals surface area contributed by atoms with E-state index in [1.807, 2.05) is 0 Å². The van der Waals surface area contributed by atoms with Gasteiger partial charge in [-0.1, -0.05) is 12.2 Å². The molecule has 2 N–H and O–H groups in total. The Morgan fingerprint density at radius 2 is 2.14 bits per heavy atom. The summed E-state index contributed by atoms with van der Waals surface area (Å²) in [5, 5.41) is 10.5. The lowest BCUT2D eigenvalue weighted by Crippen LogP contribution is -2.43. The maximum atomic E-state index is 12.0. The summed E-state index contributed by atoms with van der Waals surface area (Å²) < 4.78 is 5.19. The van der Waals surface area contributed by atoms with Gasteiger partial charge in [-0.3, -0.25) is 15.0 Å². The molecule has 0 spiro atoms. The maximum absolute atomic E-state index is 12.0. The van der Waals surface area contributed by atoms with Crippen molar-refractivity contribution >= 4 is 29.0 Å². The Morgan fingerprint density at radius 1 is 1.48 bits per heavy atom. The van der Waals surface area contributed by atoms with Gasteiger partial charge in [-0.2, -0.15) is 0 Å². The Labute approximate surface area is 126 Å². The molecule has 0 radical (unpaired) electrons. The molecule has 112 valence electrons. The molecule has 1 heterocycles. The first kappa shape index (κ1) is 15.2. The van der Waals surface area contributed by atoms with Gasteiger partial charge in [0.1, 0.15) is 6.61 Å². The Balaban J connectivity index is 1.91. The van der Waals surface area contributed by atoms with Gasteiger partial charge in [0.05, 0.1) is 16.0 Å². The second-order valence-corrected chi connectivity index (χ2v) is 5.20. The fraction of sp³-hybridized carbons (Fsp3) is 0.385. The second-order valence-electron chi connectivity index (χ2n) is 4.73. The zero-order chi connectivity index (χ0) is 15.4. The molecule has 1 amide bonds. The summed E-state index contributed by atoms with van der Waals surface area (Å²) in [6.45, 7) is 0.623. The number of benzene rings is 1. The maximum Gasteiger partial charge on any atom is 0.410 e. The predicted octanol–water partition coefficient (Wildman–Crippen LogP) is 1.98. The predicted molar refractivity (Wildman–Crippen MR) is 79.8 cm³/mol. The molecule has 0 aromatic heterocycles. The molecule has 1 saturated heterocycles. The van der Waals surface area contributed by atoms with Gasteiger partial charge in [0.2, 0.25) is 0 Å². The summed E-state index contributed by atoms with van der Waals surface area (Å²) >= 11 is 4.93. The molecule has 8 heteroatoms. The largest absolute Gasteiger partial charge is 0.445 e. The number of hydrogen-bond acceptors (Lipinski definition) is 5. The summed E-state index contributed by atoms with van der Waals surface area (Å²) in [5.41, 5.74) is 6.28. The number of nitrogens with zero attached hydrogens (tertiary/aromatic N) is 2. The van der Waals surface area contributed by atoms with Crippen LogP contribution in [-0.2, 0) is 11.3 Å². The number of nitrogens with two attached hydrogens (primary N) is 1. The fourth-order valence-electron chi connectivity index (χ4n) is 2.22. The van der Waals surface area contributed by atoms with Crippen LogP contribution in [-0.4, -0.2) is 33.5 Å². The summed E-state index contributed by atoms with van der Waals surface area (Å²) in [6.07, 6.45) is 1.13. The lowest BCUT2D eigenvalue weighted by Gasteiger charge is -2.22. The smallest absolute Gasteiger partial charge is 0.410 e. The third kappa shape index (κ3) is 3.66. The molecular formula is C13H15N3O4S. The van der Waals surface area contributed by atoms with Crippen LogP contribution < -0.4 is 5.73 Å². The molecule has 2 rings (SSSR count). The molecule has 1 fully saturated rings. The zero-order valence-electron chi connectivity index (χ0n) is 11.2. The van der Waals surface area contributed by atoms with E-state index in [2.05, 4.69) is 0 Å². The van der Waals surface area contributed by atoms with Gasteiger partial charge >= 0.3 is 6.09 Å². The number of amides is 1. The van der Waals surface area contributed by atoms with Crippen LogP contribution in [0.15, 0.2) is 24.3 Å². The average Bonchev–Trinajstić information content (AvgIpc) is 2.95. The minimum absolute atomic E-state index is 0.00170. The van der Waals surface area contributed by atoms with Gasteiger partial charge in [0, 0.05) is 18.7 Å². The van der Waals surface area contributed by atoms with Crippen LogP contribution >= 0.6 is 12.2 Å². The third-order valence-corrected chi connectivity index (χ3v) is 3.60. The number of thiocarbonyl (C=S) groups is 1. The lowest BCUT2D eigenvalue weighted by molar-refractivity contribution is -0.384. The topological polar surface area (TPSA) is 98.7 Å². The third-order valence-electron chi connectivity index (χ3n) is 3.33. The van der Waals surface area contributed by atoms with Gasteiger partial charge in [-0.15, -0.1) is 0 Å². The van der Waals surface area contributed by atoms with Gasteiger partial charge < -0.3 is 10.5 Å². The van der Waals surface area contributed by atoms with E-state index in [4.69, 9.17) is 22.7 Å². The first-order valence-electron chi connectivity index (χ1n) is 6.45. The summed E-state index contributed by atoms with van der Waals surface area (Å²) in [5.74, 6) is 0. The van der Waals surface area contributed by atoms with Crippen molar-refractivity contribution in [1.82, 2.24) is 4.90 Å². The van der Waals surface area contributed by atoms with Crippen LogP contribution in [0.25, 0.3) is 0 Å². The molecular weight excluding hydrogens is 294 g/mol. The first-order chi connectivity index (χ1) is 9.99. The molecule has 1 unspecified atom stereocenters. The van der Waals surface area contributed by atoms with E-state index in [0.717, 1.165) is 12.8 Å². The standard InChI is InChI=1S/C13H15N3O4S/c14-12(21)11-2-1-7-15(11)13(17)20-8-9-3-5-10(6-4-9)16(18)19/h3-6,11H,1-2,7-8H2,(H2,14,21). The molecule has 0 aliphatic carbocycles. The van der Waals surface area contributed by atoms with Crippen molar-refractivity contribution in [2.75, 3.05) is 6.54 Å². The van der Waals surface area contributed by atoms with E-state index in [0.29, 0.717) is 17.1 Å². The highest BCUT2D eigenvalue weighted by Crippen LogP contribution is 2.19. The number of rotatable bonds is 4. The first-order valence-corrected chi connectivity index (χ1v) is 6.86. The highest BCUT2D eigenvalue weighted by molar-refractivity contribution is 7.80. The summed E-state index contributed by atoms with van der Waals surface area (Å²) in [7, 11) is 0. The van der Waals surface area contributed by atoms with Gasteiger partial charge in [-0.05, 0) is 30.5 Å². The van der Waals surface area contributed by atoms with Crippen molar-refractivity contribution < 1.29 is 14.5 Å². The van der Waals surface area contributed by atoms with Crippen LogP contribution in [0.3, 0.4) is 0 Å². The van der Waals surface area contributed by atoms with Crippen molar-refractivity contribution in [3.05, 3.63) is 39.9 Å². The number of carbonyl (C=O) groups excluding carboxylic acids is 1. The number of carbonyl (C=O) groups is 1. The molecule has 1 aromatic rings. The van der Waals surface area contributed by atoms with E-state index in [1.54, 1.807) is 12.1 Å². The zero-order valence-corrected chi connectivity index (χ0v) is 12.0. The molecule has 1 atom stereocenters. The Hall–Kier alpha value is -2.22.